The standard InChI is InChI=1S/C21H17BrN2.C2HF3O2/c22-18-11-6-10-17(13-18)21(16-8-2-1-3-9-16)14-15-7-4-5-12-19(15)20(23)24-21;3-2(4,5)1(6)7/h1-13H,14H2,(H2,23,24);(H,6,7). The molecule has 31 heavy (non-hydrogen) atoms. The predicted octanol–water partition coefficient (Wildman–Crippen LogP) is 5.29. The van der Waals surface area contributed by atoms with E-state index in [0.29, 0.717) is 5.84 Å². The van der Waals surface area contributed by atoms with Gasteiger partial charge in [0, 0.05) is 16.5 Å². The lowest BCUT2D eigenvalue weighted by molar-refractivity contribution is -0.192. The molecule has 0 aromatic heterocycles. The third-order valence-electron chi connectivity index (χ3n) is 4.85. The summed E-state index contributed by atoms with van der Waals surface area (Å²) in [7, 11) is 0. The van der Waals surface area contributed by atoms with Gasteiger partial charge in [-0.15, -0.1) is 0 Å². The predicted molar refractivity (Wildman–Crippen MR) is 116 cm³/mol. The highest BCUT2D eigenvalue weighted by atomic mass is 79.9. The van der Waals surface area contributed by atoms with Crippen LogP contribution in [0.5, 0.6) is 0 Å². The van der Waals surface area contributed by atoms with Crippen molar-refractivity contribution in [3.8, 4) is 0 Å². The molecular formula is C23H18BrF3N2O2. The summed E-state index contributed by atoms with van der Waals surface area (Å²) in [5.41, 5.74) is 10.4. The zero-order valence-corrected chi connectivity index (χ0v) is 17.7. The summed E-state index contributed by atoms with van der Waals surface area (Å²) < 4.78 is 32.8. The zero-order chi connectivity index (χ0) is 22.6. The summed E-state index contributed by atoms with van der Waals surface area (Å²) in [6.45, 7) is 0. The number of alkyl halides is 3. The summed E-state index contributed by atoms with van der Waals surface area (Å²) in [6, 6.07) is 27.0. The largest absolute Gasteiger partial charge is 0.490 e. The molecule has 0 radical (unpaired) electrons. The van der Waals surface area contributed by atoms with Crippen LogP contribution in [0.25, 0.3) is 0 Å². The first-order chi connectivity index (χ1) is 14.6. The van der Waals surface area contributed by atoms with Crippen LogP contribution in [0.4, 0.5) is 13.2 Å². The van der Waals surface area contributed by atoms with E-state index in [2.05, 4.69) is 70.5 Å². The van der Waals surface area contributed by atoms with Crippen molar-refractivity contribution in [2.75, 3.05) is 0 Å². The van der Waals surface area contributed by atoms with Gasteiger partial charge in [-0.1, -0.05) is 82.7 Å². The van der Waals surface area contributed by atoms with Crippen molar-refractivity contribution in [1.82, 2.24) is 0 Å². The van der Waals surface area contributed by atoms with E-state index in [1.165, 1.54) is 5.56 Å². The van der Waals surface area contributed by atoms with Gasteiger partial charge in [-0.05, 0) is 28.8 Å². The van der Waals surface area contributed by atoms with E-state index in [1.54, 1.807) is 0 Å². The minimum atomic E-state index is -5.08. The third kappa shape index (κ3) is 4.96. The van der Waals surface area contributed by atoms with Gasteiger partial charge in [-0.25, -0.2) is 4.79 Å². The highest BCUT2D eigenvalue weighted by Gasteiger charge is 2.39. The van der Waals surface area contributed by atoms with Gasteiger partial charge < -0.3 is 10.8 Å². The van der Waals surface area contributed by atoms with Gasteiger partial charge >= 0.3 is 12.1 Å². The quantitative estimate of drug-likeness (QED) is 0.512. The van der Waals surface area contributed by atoms with Crippen molar-refractivity contribution < 1.29 is 23.1 Å². The Bertz CT molecular complexity index is 1120. The Morgan fingerprint density at radius 3 is 2.16 bits per heavy atom. The van der Waals surface area contributed by atoms with E-state index in [-0.39, 0.29) is 0 Å². The topological polar surface area (TPSA) is 75.7 Å². The van der Waals surface area contributed by atoms with Gasteiger partial charge in [0.1, 0.15) is 11.4 Å². The van der Waals surface area contributed by atoms with E-state index in [4.69, 9.17) is 20.6 Å². The molecule has 8 heteroatoms. The Hall–Kier alpha value is -3.13. The number of nitrogens with two attached hydrogens (primary N) is 1. The number of aliphatic imine (C=N–C) groups is 1. The monoisotopic (exact) mass is 490 g/mol. The third-order valence-corrected chi connectivity index (χ3v) is 5.34. The minimum absolute atomic E-state index is 0.497. The first-order valence-electron chi connectivity index (χ1n) is 9.19. The molecule has 1 aliphatic heterocycles. The number of fused-ring (bicyclic) bond motifs is 1. The second-order valence-electron chi connectivity index (χ2n) is 6.87. The average Bonchev–Trinajstić information content (AvgIpc) is 2.74. The molecule has 160 valence electrons. The van der Waals surface area contributed by atoms with Gasteiger partial charge in [0.2, 0.25) is 0 Å². The SMILES string of the molecule is NC1=NC(c2ccccc2)(c2cccc(Br)c2)Cc2ccccc21.O=C(O)C(F)(F)F. The maximum atomic E-state index is 10.6. The number of aliphatic carboxylic acids is 1. The first kappa shape index (κ1) is 22.6. The number of carboxylic acids is 1. The molecule has 3 N–H and O–H groups in total. The average molecular weight is 491 g/mol. The smallest absolute Gasteiger partial charge is 0.475 e. The van der Waals surface area contributed by atoms with Crippen LogP contribution >= 0.6 is 15.9 Å². The van der Waals surface area contributed by atoms with Crippen LogP contribution in [-0.4, -0.2) is 23.1 Å². The van der Waals surface area contributed by atoms with Crippen LogP contribution in [0, 0.1) is 0 Å². The highest BCUT2D eigenvalue weighted by molar-refractivity contribution is 9.10. The molecule has 4 rings (SSSR count). The normalized spacial score (nSPS) is 17.6. The molecule has 0 spiro atoms. The van der Waals surface area contributed by atoms with Gasteiger partial charge in [0.15, 0.2) is 0 Å². The lowest BCUT2D eigenvalue weighted by Crippen LogP contribution is -2.36. The number of amidine groups is 1. The maximum absolute atomic E-state index is 10.6. The van der Waals surface area contributed by atoms with Crippen LogP contribution < -0.4 is 5.73 Å². The van der Waals surface area contributed by atoms with Crippen LogP contribution in [0.3, 0.4) is 0 Å². The maximum Gasteiger partial charge on any atom is 0.490 e. The molecule has 1 atom stereocenters. The molecule has 0 fully saturated rings. The molecule has 3 aromatic rings. The van der Waals surface area contributed by atoms with Crippen LogP contribution in [0.2, 0.25) is 0 Å². The molecule has 0 bridgehead atoms. The molecule has 0 saturated heterocycles. The number of benzene rings is 3. The summed E-state index contributed by atoms with van der Waals surface area (Å²) in [5, 5.41) is 7.12. The Kier molecular flexibility index (Phi) is 6.50. The lowest BCUT2D eigenvalue weighted by Gasteiger charge is -2.36. The van der Waals surface area contributed by atoms with Crippen LogP contribution in [0.1, 0.15) is 22.3 Å². The fraction of sp³-hybridized carbons (Fsp3) is 0.130. The van der Waals surface area contributed by atoms with Crippen molar-refractivity contribution in [3.05, 3.63) is 106 Å². The molecule has 4 nitrogen and oxygen atoms in total. The molecule has 0 saturated carbocycles. The Morgan fingerprint density at radius 2 is 1.55 bits per heavy atom. The number of halogens is 4. The zero-order valence-electron chi connectivity index (χ0n) is 16.1. The number of nitrogens with zero attached hydrogens (tertiary/aromatic N) is 1. The van der Waals surface area contributed by atoms with Crippen molar-refractivity contribution in [1.29, 1.82) is 0 Å². The second-order valence-corrected chi connectivity index (χ2v) is 7.79. The fourth-order valence-corrected chi connectivity index (χ4v) is 3.86. The number of hydrogen-bond acceptors (Lipinski definition) is 3. The van der Waals surface area contributed by atoms with Crippen molar-refractivity contribution in [3.63, 3.8) is 0 Å². The Balaban J connectivity index is 0.000000339. The first-order valence-corrected chi connectivity index (χ1v) is 9.98. The summed E-state index contributed by atoms with van der Waals surface area (Å²) in [4.78, 5) is 13.9. The lowest BCUT2D eigenvalue weighted by atomic mass is 9.76. The van der Waals surface area contributed by atoms with Gasteiger partial charge in [0.05, 0.1) is 0 Å². The van der Waals surface area contributed by atoms with Gasteiger partial charge in [-0.3, -0.25) is 4.99 Å². The van der Waals surface area contributed by atoms with Crippen molar-refractivity contribution in [2.24, 2.45) is 10.7 Å². The summed E-state index contributed by atoms with van der Waals surface area (Å²) in [5.74, 6) is -2.16. The second kappa shape index (κ2) is 8.93. The number of hydrogen-bond donors (Lipinski definition) is 2. The molecule has 1 heterocycles. The summed E-state index contributed by atoms with van der Waals surface area (Å²) in [6.07, 6.45) is -4.29. The molecule has 3 aromatic carbocycles. The van der Waals surface area contributed by atoms with Gasteiger partial charge in [-0.2, -0.15) is 13.2 Å². The molecule has 0 aliphatic carbocycles. The highest BCUT2D eigenvalue weighted by Crippen LogP contribution is 2.41. The van der Waals surface area contributed by atoms with Crippen LogP contribution in [0.15, 0.2) is 88.3 Å². The Morgan fingerprint density at radius 1 is 0.968 bits per heavy atom. The van der Waals surface area contributed by atoms with E-state index in [9.17, 15) is 13.2 Å². The fourth-order valence-electron chi connectivity index (χ4n) is 3.46. The van der Waals surface area contributed by atoms with Gasteiger partial charge in [0.25, 0.3) is 0 Å². The van der Waals surface area contributed by atoms with Crippen LogP contribution in [-0.2, 0) is 16.8 Å². The van der Waals surface area contributed by atoms with E-state index >= 15 is 0 Å². The summed E-state index contributed by atoms with van der Waals surface area (Å²) >= 11 is 3.59. The Labute approximate surface area is 185 Å². The minimum Gasteiger partial charge on any atom is -0.475 e. The van der Waals surface area contributed by atoms with Crippen molar-refractivity contribution in [2.45, 2.75) is 18.1 Å². The number of rotatable bonds is 2. The van der Waals surface area contributed by atoms with Crippen molar-refractivity contribution >= 4 is 27.7 Å². The molecular weight excluding hydrogens is 473 g/mol. The molecule has 1 unspecified atom stereocenters. The molecule has 1 aliphatic rings. The molecule has 0 amide bonds. The van der Waals surface area contributed by atoms with E-state index < -0.39 is 17.7 Å². The number of carbonyl (C=O) groups is 1. The van der Waals surface area contributed by atoms with E-state index in [1.807, 2.05) is 24.3 Å². The number of carboxylic acid groups (broad SMARTS) is 1. The van der Waals surface area contributed by atoms with E-state index in [0.717, 1.165) is 27.6 Å².